The van der Waals surface area contributed by atoms with Gasteiger partial charge in [0.25, 0.3) is 11.5 Å². The van der Waals surface area contributed by atoms with Gasteiger partial charge in [0.15, 0.2) is 0 Å². The summed E-state index contributed by atoms with van der Waals surface area (Å²) in [6.45, 7) is 0. The monoisotopic (exact) mass is 703 g/mol. The van der Waals surface area contributed by atoms with Crippen molar-refractivity contribution in [1.29, 1.82) is 0 Å². The van der Waals surface area contributed by atoms with Crippen LogP contribution in [0.3, 0.4) is 0 Å². The first-order chi connectivity index (χ1) is 18.9. The maximum Gasteiger partial charge on any atom is 0.275 e. The maximum absolute atomic E-state index is 13.9. The fourth-order valence-electron chi connectivity index (χ4n) is 5.00. The summed E-state index contributed by atoms with van der Waals surface area (Å²) in [5, 5.41) is 7.27. The highest BCUT2D eigenvalue weighted by atomic mass is 79.9. The van der Waals surface area contributed by atoms with Crippen LogP contribution in [0.15, 0.2) is 120 Å². The van der Waals surface area contributed by atoms with Crippen molar-refractivity contribution in [3.05, 3.63) is 138 Å². The molecule has 1 aliphatic rings. The Hall–Kier alpha value is -3.33. The molecule has 1 aromatic heterocycles. The number of halogens is 3. The minimum absolute atomic E-state index is 0.243. The molecule has 192 valence electrons. The maximum atomic E-state index is 13.9. The summed E-state index contributed by atoms with van der Waals surface area (Å²) in [5.74, 6) is -0.244. The number of hydrogen-bond donors (Lipinski definition) is 1. The Morgan fingerprint density at radius 2 is 1.51 bits per heavy atom. The van der Waals surface area contributed by atoms with Crippen LogP contribution in [-0.2, 0) is 0 Å². The van der Waals surface area contributed by atoms with Crippen molar-refractivity contribution in [2.24, 2.45) is 5.10 Å². The normalized spacial score (nSPS) is 15.0. The molecule has 4 aromatic carbocycles. The zero-order valence-corrected chi connectivity index (χ0v) is 25.1. The molecule has 0 saturated carbocycles. The number of nitrogens with zero attached hydrogens (tertiary/aromatic N) is 2. The lowest BCUT2D eigenvalue weighted by molar-refractivity contribution is 0.0710. The van der Waals surface area contributed by atoms with Crippen molar-refractivity contribution in [2.45, 2.75) is 12.5 Å². The zero-order valence-electron chi connectivity index (χ0n) is 20.4. The number of rotatable bonds is 4. The molecule has 5 nitrogen and oxygen atoms in total. The first kappa shape index (κ1) is 25.9. The minimum atomic E-state index is -0.381. The average Bonchev–Trinajstić information content (AvgIpc) is 3.38. The average molecular weight is 706 g/mol. The summed E-state index contributed by atoms with van der Waals surface area (Å²) >= 11 is 10.6. The molecule has 39 heavy (non-hydrogen) atoms. The van der Waals surface area contributed by atoms with E-state index in [-0.39, 0.29) is 17.5 Å². The van der Waals surface area contributed by atoms with E-state index < -0.39 is 0 Å². The number of pyridine rings is 1. The van der Waals surface area contributed by atoms with E-state index in [2.05, 4.69) is 52.8 Å². The molecule has 0 unspecified atom stereocenters. The van der Waals surface area contributed by atoms with E-state index in [1.165, 1.54) is 5.01 Å². The first-order valence-electron chi connectivity index (χ1n) is 12.2. The van der Waals surface area contributed by atoms with Gasteiger partial charge in [-0.3, -0.25) is 9.59 Å². The SMILES string of the molecule is O=C(c1ccccc1Br)N1N=C(c2c(-c3ccccc3)c3cc(Br)ccc3[nH]c2=O)C[C@H]1c1ccc(Br)cc1. The van der Waals surface area contributed by atoms with E-state index in [1.807, 2.05) is 91.0 Å². The van der Waals surface area contributed by atoms with Gasteiger partial charge in [-0.25, -0.2) is 5.01 Å². The number of hydrogen-bond acceptors (Lipinski definition) is 3. The van der Waals surface area contributed by atoms with Crippen LogP contribution in [0.4, 0.5) is 0 Å². The minimum Gasteiger partial charge on any atom is -0.321 e. The van der Waals surface area contributed by atoms with Crippen LogP contribution >= 0.6 is 47.8 Å². The van der Waals surface area contributed by atoms with E-state index in [1.54, 1.807) is 6.07 Å². The number of H-pyrrole nitrogens is 1. The zero-order chi connectivity index (χ0) is 27.1. The molecule has 2 heterocycles. The lowest BCUT2D eigenvalue weighted by Gasteiger charge is -2.22. The van der Waals surface area contributed by atoms with Crippen LogP contribution in [-0.4, -0.2) is 21.6 Å². The Morgan fingerprint density at radius 1 is 0.821 bits per heavy atom. The van der Waals surface area contributed by atoms with Gasteiger partial charge in [0, 0.05) is 36.3 Å². The third kappa shape index (κ3) is 4.93. The summed E-state index contributed by atoms with van der Waals surface area (Å²) in [4.78, 5) is 30.6. The van der Waals surface area contributed by atoms with Crippen LogP contribution in [0.1, 0.15) is 33.9 Å². The number of benzene rings is 4. The largest absolute Gasteiger partial charge is 0.321 e. The number of amides is 1. The summed E-state index contributed by atoms with van der Waals surface area (Å²) in [6.07, 6.45) is 0.389. The van der Waals surface area contributed by atoms with Crippen molar-refractivity contribution in [3.63, 3.8) is 0 Å². The van der Waals surface area contributed by atoms with Crippen LogP contribution in [0.2, 0.25) is 0 Å². The van der Waals surface area contributed by atoms with Crippen molar-refractivity contribution >= 4 is 70.3 Å². The molecule has 5 aromatic rings. The Balaban J connectivity index is 1.58. The van der Waals surface area contributed by atoms with E-state index in [0.717, 1.165) is 36.5 Å². The van der Waals surface area contributed by atoms with Crippen molar-refractivity contribution in [3.8, 4) is 11.1 Å². The second kappa shape index (κ2) is 10.7. The van der Waals surface area contributed by atoms with Gasteiger partial charge >= 0.3 is 0 Å². The highest BCUT2D eigenvalue weighted by molar-refractivity contribution is 9.11. The first-order valence-corrected chi connectivity index (χ1v) is 14.6. The molecule has 1 atom stereocenters. The number of nitrogens with one attached hydrogen (secondary N) is 1. The van der Waals surface area contributed by atoms with Crippen LogP contribution in [0, 0.1) is 0 Å². The second-order valence-corrected chi connectivity index (χ2v) is 11.9. The molecule has 0 saturated heterocycles. The van der Waals surface area contributed by atoms with Gasteiger partial charge in [-0.05, 0) is 69.5 Å². The topological polar surface area (TPSA) is 65.5 Å². The molecule has 8 heteroatoms. The number of carbonyl (C=O) groups is 1. The van der Waals surface area contributed by atoms with Gasteiger partial charge in [0.1, 0.15) is 0 Å². The molecular weight excluding hydrogens is 686 g/mol. The van der Waals surface area contributed by atoms with E-state index in [9.17, 15) is 9.59 Å². The molecule has 1 aliphatic heterocycles. The standard InChI is InChI=1S/C31H20Br3N3O2/c32-20-12-10-18(11-13-20)27-17-26(36-37(27)31(39)22-8-4-5-9-24(22)34)29-28(19-6-2-1-3-7-19)23-16-21(33)14-15-25(23)35-30(29)38/h1-16,27H,17H2,(H,35,38)/t27-/m0/s1. The molecule has 0 radical (unpaired) electrons. The van der Waals surface area contributed by atoms with Crippen LogP contribution in [0.25, 0.3) is 22.0 Å². The quantitative estimate of drug-likeness (QED) is 0.204. The predicted molar refractivity (Wildman–Crippen MR) is 166 cm³/mol. The lowest BCUT2D eigenvalue weighted by Crippen LogP contribution is -2.27. The molecule has 1 N–H and O–H groups in total. The van der Waals surface area contributed by atoms with Crippen molar-refractivity contribution < 1.29 is 4.79 Å². The smallest absolute Gasteiger partial charge is 0.275 e. The molecule has 0 bridgehead atoms. The lowest BCUT2D eigenvalue weighted by atomic mass is 9.91. The summed E-state index contributed by atoms with van der Waals surface area (Å²) in [6, 6.07) is 30.4. The van der Waals surface area contributed by atoms with Gasteiger partial charge in [0.05, 0.1) is 22.9 Å². The third-order valence-electron chi connectivity index (χ3n) is 6.80. The molecule has 1 amide bonds. The number of aromatic nitrogens is 1. The van der Waals surface area contributed by atoms with E-state index in [0.29, 0.717) is 27.7 Å². The van der Waals surface area contributed by atoms with E-state index in [4.69, 9.17) is 5.10 Å². The summed E-state index contributed by atoms with van der Waals surface area (Å²) in [5.41, 5.74) is 4.64. The molecule has 0 fully saturated rings. The van der Waals surface area contributed by atoms with Crippen LogP contribution in [0.5, 0.6) is 0 Å². The Labute approximate surface area is 250 Å². The number of hydrazone groups is 1. The number of carbonyl (C=O) groups excluding carboxylic acids is 1. The van der Waals surface area contributed by atoms with Crippen molar-refractivity contribution in [2.75, 3.05) is 0 Å². The number of aromatic amines is 1. The van der Waals surface area contributed by atoms with Gasteiger partial charge in [-0.15, -0.1) is 0 Å². The molecule has 6 rings (SSSR count). The Morgan fingerprint density at radius 3 is 2.26 bits per heavy atom. The van der Waals surface area contributed by atoms with Gasteiger partial charge in [-0.2, -0.15) is 5.10 Å². The van der Waals surface area contributed by atoms with Crippen LogP contribution < -0.4 is 5.56 Å². The molecular formula is C31H20Br3N3O2. The number of fused-ring (bicyclic) bond motifs is 1. The summed E-state index contributed by atoms with van der Waals surface area (Å²) < 4.78 is 2.53. The van der Waals surface area contributed by atoms with Crippen molar-refractivity contribution in [1.82, 2.24) is 9.99 Å². The van der Waals surface area contributed by atoms with Gasteiger partial charge in [-0.1, -0.05) is 86.5 Å². The highest BCUT2D eigenvalue weighted by Gasteiger charge is 2.36. The molecule has 0 spiro atoms. The Kier molecular flexibility index (Phi) is 7.10. The fraction of sp³-hybridized carbons (Fsp3) is 0.0645. The third-order valence-corrected chi connectivity index (χ3v) is 8.52. The highest BCUT2D eigenvalue weighted by Crippen LogP contribution is 2.38. The predicted octanol–water partition coefficient (Wildman–Crippen LogP) is 8.47. The molecule has 0 aliphatic carbocycles. The van der Waals surface area contributed by atoms with Gasteiger partial charge in [0.2, 0.25) is 0 Å². The second-order valence-electron chi connectivity index (χ2n) is 9.21. The fourth-order valence-corrected chi connectivity index (χ4v) is 6.08. The van der Waals surface area contributed by atoms with Gasteiger partial charge < -0.3 is 4.98 Å². The Bertz CT molecular complexity index is 1820. The summed E-state index contributed by atoms with van der Waals surface area (Å²) in [7, 11) is 0. The van der Waals surface area contributed by atoms with E-state index >= 15 is 0 Å².